The summed E-state index contributed by atoms with van der Waals surface area (Å²) >= 11 is 5.94. The summed E-state index contributed by atoms with van der Waals surface area (Å²) in [6, 6.07) is 9.98. The predicted octanol–water partition coefficient (Wildman–Crippen LogP) is 2.97. The minimum absolute atomic E-state index is 0.373. The molecule has 162 valence electrons. The van der Waals surface area contributed by atoms with Crippen molar-refractivity contribution >= 4 is 38.9 Å². The number of nitrogens with one attached hydrogen (secondary N) is 1. The Balaban J connectivity index is 2.19. The van der Waals surface area contributed by atoms with Gasteiger partial charge in [0.15, 0.2) is 11.5 Å². The van der Waals surface area contributed by atoms with Gasteiger partial charge in [-0.15, -0.1) is 0 Å². The zero-order chi connectivity index (χ0) is 22.5. The average molecular weight is 454 g/mol. The first-order valence-corrected chi connectivity index (χ1v) is 11.1. The van der Waals surface area contributed by atoms with Gasteiger partial charge in [0.25, 0.3) is 5.91 Å². The molecule has 0 bridgehead atoms. The van der Waals surface area contributed by atoms with Crippen LogP contribution in [-0.4, -0.2) is 47.1 Å². The van der Waals surface area contributed by atoms with E-state index >= 15 is 0 Å². The summed E-state index contributed by atoms with van der Waals surface area (Å²) in [6.45, 7) is 3.00. The Morgan fingerprint density at radius 1 is 1.13 bits per heavy atom. The first-order valence-electron chi connectivity index (χ1n) is 8.86. The van der Waals surface area contributed by atoms with Crippen LogP contribution in [0, 0.1) is 6.92 Å². The predicted molar refractivity (Wildman–Crippen MR) is 118 cm³/mol. The van der Waals surface area contributed by atoms with Gasteiger partial charge in [-0.2, -0.15) is 5.10 Å². The van der Waals surface area contributed by atoms with Gasteiger partial charge in [0.2, 0.25) is 10.0 Å². The van der Waals surface area contributed by atoms with Crippen LogP contribution < -0.4 is 19.2 Å². The van der Waals surface area contributed by atoms with Gasteiger partial charge in [0.1, 0.15) is 6.54 Å². The molecule has 0 heterocycles. The highest BCUT2D eigenvalue weighted by Crippen LogP contribution is 2.28. The number of hydrogen-bond donors (Lipinski definition) is 1. The standard InChI is InChI=1S/C20H24ClN3O5S/c1-13-10-16(21)7-8-17(13)24(30(5,26)27)12-20(25)23-22-14(2)15-6-9-18(28-3)19(11-15)29-4/h6-11H,12H2,1-5H3,(H,23,25)/b22-14-. The van der Waals surface area contributed by atoms with E-state index in [2.05, 4.69) is 10.5 Å². The maximum absolute atomic E-state index is 12.4. The minimum atomic E-state index is -3.71. The molecule has 8 nitrogen and oxygen atoms in total. The SMILES string of the molecule is COc1ccc(/C(C)=N\NC(=O)CN(c2ccc(Cl)cc2C)S(C)(=O)=O)cc1OC. The third kappa shape index (κ3) is 5.87. The van der Waals surface area contributed by atoms with E-state index in [0.717, 1.165) is 10.6 Å². The van der Waals surface area contributed by atoms with Gasteiger partial charge in [-0.1, -0.05) is 11.6 Å². The van der Waals surface area contributed by atoms with E-state index in [0.29, 0.717) is 39.0 Å². The van der Waals surface area contributed by atoms with Crippen LogP contribution in [0.15, 0.2) is 41.5 Å². The first-order chi connectivity index (χ1) is 14.1. The molecule has 0 saturated carbocycles. The molecule has 0 radical (unpaired) electrons. The Bertz CT molecular complexity index is 1070. The fourth-order valence-corrected chi connectivity index (χ4v) is 3.86. The van der Waals surface area contributed by atoms with Crippen LogP contribution in [0.4, 0.5) is 5.69 Å². The minimum Gasteiger partial charge on any atom is -0.493 e. The molecule has 0 unspecified atom stereocenters. The number of aryl methyl sites for hydroxylation is 1. The van der Waals surface area contributed by atoms with E-state index in [1.807, 2.05) is 0 Å². The highest BCUT2D eigenvalue weighted by molar-refractivity contribution is 7.92. The Labute approximate surface area is 181 Å². The molecule has 0 aliphatic rings. The molecular formula is C20H24ClN3O5S. The first kappa shape index (κ1) is 23.5. The van der Waals surface area contributed by atoms with Gasteiger partial charge >= 0.3 is 0 Å². The molecule has 10 heteroatoms. The van der Waals surface area contributed by atoms with Gasteiger partial charge in [-0.25, -0.2) is 13.8 Å². The van der Waals surface area contributed by atoms with Crippen LogP contribution in [0.3, 0.4) is 0 Å². The van der Waals surface area contributed by atoms with Crippen molar-refractivity contribution in [2.24, 2.45) is 5.10 Å². The molecule has 2 aromatic rings. The number of halogens is 1. The van der Waals surface area contributed by atoms with Crippen molar-refractivity contribution in [3.63, 3.8) is 0 Å². The van der Waals surface area contributed by atoms with Crippen LogP contribution in [0.2, 0.25) is 5.02 Å². The normalized spacial score (nSPS) is 11.7. The Morgan fingerprint density at radius 3 is 2.37 bits per heavy atom. The van der Waals surface area contributed by atoms with Gasteiger partial charge in [0.05, 0.1) is 31.9 Å². The molecule has 0 fully saturated rings. The second-order valence-corrected chi connectivity index (χ2v) is 8.85. The zero-order valence-electron chi connectivity index (χ0n) is 17.4. The molecule has 0 atom stereocenters. The van der Waals surface area contributed by atoms with Crippen LogP contribution in [0.5, 0.6) is 11.5 Å². The van der Waals surface area contributed by atoms with Crippen molar-refractivity contribution in [3.8, 4) is 11.5 Å². The number of methoxy groups -OCH3 is 2. The van der Waals surface area contributed by atoms with Gasteiger partial charge in [0, 0.05) is 10.6 Å². The average Bonchev–Trinajstić information content (AvgIpc) is 2.69. The van der Waals surface area contributed by atoms with Gasteiger partial charge in [-0.05, 0) is 55.8 Å². The van der Waals surface area contributed by atoms with Gasteiger partial charge in [-0.3, -0.25) is 9.10 Å². The lowest BCUT2D eigenvalue weighted by molar-refractivity contribution is -0.119. The number of sulfonamides is 1. The molecule has 0 spiro atoms. The van der Waals surface area contributed by atoms with Crippen molar-refractivity contribution in [1.82, 2.24) is 5.43 Å². The van der Waals surface area contributed by atoms with Crippen molar-refractivity contribution in [1.29, 1.82) is 0 Å². The number of carbonyl (C=O) groups is 1. The summed E-state index contributed by atoms with van der Waals surface area (Å²) in [4.78, 5) is 12.4. The lowest BCUT2D eigenvalue weighted by Crippen LogP contribution is -2.39. The molecule has 0 aromatic heterocycles. The number of carbonyl (C=O) groups excluding carboxylic acids is 1. The van der Waals surface area contributed by atoms with Crippen LogP contribution >= 0.6 is 11.6 Å². The molecule has 30 heavy (non-hydrogen) atoms. The fourth-order valence-electron chi connectivity index (χ4n) is 2.72. The number of hydrazone groups is 1. The van der Waals surface area contributed by atoms with Gasteiger partial charge < -0.3 is 9.47 Å². The summed E-state index contributed by atoms with van der Waals surface area (Å²) in [5, 5.41) is 4.54. The third-order valence-corrected chi connectivity index (χ3v) is 5.63. The highest BCUT2D eigenvalue weighted by Gasteiger charge is 2.22. The summed E-state index contributed by atoms with van der Waals surface area (Å²) in [5.41, 5.74) is 4.62. The second kappa shape index (κ2) is 9.82. The lowest BCUT2D eigenvalue weighted by Gasteiger charge is -2.23. The van der Waals surface area contributed by atoms with E-state index in [1.54, 1.807) is 50.2 Å². The number of ether oxygens (including phenoxy) is 2. The Kier molecular flexibility index (Phi) is 7.69. The van der Waals surface area contributed by atoms with E-state index in [4.69, 9.17) is 21.1 Å². The molecular weight excluding hydrogens is 430 g/mol. The van der Waals surface area contributed by atoms with Crippen molar-refractivity contribution in [2.45, 2.75) is 13.8 Å². The van der Waals surface area contributed by atoms with Crippen molar-refractivity contribution in [2.75, 3.05) is 31.3 Å². The number of nitrogens with zero attached hydrogens (tertiary/aromatic N) is 2. The fraction of sp³-hybridized carbons (Fsp3) is 0.300. The lowest BCUT2D eigenvalue weighted by atomic mass is 10.1. The van der Waals surface area contributed by atoms with E-state index in [1.165, 1.54) is 14.2 Å². The molecule has 2 rings (SSSR count). The number of amides is 1. The maximum atomic E-state index is 12.4. The number of hydrogen-bond acceptors (Lipinski definition) is 6. The molecule has 1 amide bonds. The zero-order valence-corrected chi connectivity index (χ0v) is 19.0. The largest absolute Gasteiger partial charge is 0.493 e. The van der Waals surface area contributed by atoms with E-state index in [9.17, 15) is 13.2 Å². The number of rotatable bonds is 8. The Morgan fingerprint density at radius 2 is 1.80 bits per heavy atom. The Hall–Kier alpha value is -2.78. The van der Waals surface area contributed by atoms with Crippen LogP contribution in [0.1, 0.15) is 18.1 Å². The van der Waals surface area contributed by atoms with E-state index in [-0.39, 0.29) is 0 Å². The number of benzene rings is 2. The smallest absolute Gasteiger partial charge is 0.260 e. The number of anilines is 1. The van der Waals surface area contributed by atoms with Crippen molar-refractivity contribution in [3.05, 3.63) is 52.5 Å². The maximum Gasteiger partial charge on any atom is 0.260 e. The molecule has 0 saturated heterocycles. The van der Waals surface area contributed by atoms with E-state index < -0.39 is 22.5 Å². The molecule has 0 aliphatic heterocycles. The highest BCUT2D eigenvalue weighted by atomic mass is 35.5. The molecule has 2 aromatic carbocycles. The quantitative estimate of drug-likeness (QED) is 0.489. The topological polar surface area (TPSA) is 97.3 Å². The van der Waals surface area contributed by atoms with Crippen molar-refractivity contribution < 1.29 is 22.7 Å². The third-order valence-electron chi connectivity index (χ3n) is 4.26. The molecule has 1 N–H and O–H groups in total. The van der Waals surface area contributed by atoms with Crippen LogP contribution in [0.25, 0.3) is 0 Å². The summed E-state index contributed by atoms with van der Waals surface area (Å²) in [7, 11) is -0.647. The molecule has 0 aliphatic carbocycles. The second-order valence-electron chi connectivity index (χ2n) is 6.50. The summed E-state index contributed by atoms with van der Waals surface area (Å²) in [5.74, 6) is 0.507. The summed E-state index contributed by atoms with van der Waals surface area (Å²) < 4.78 is 36.0. The monoisotopic (exact) mass is 453 g/mol. The summed E-state index contributed by atoms with van der Waals surface area (Å²) in [6.07, 6.45) is 1.03. The van der Waals surface area contributed by atoms with Crippen LogP contribution in [-0.2, 0) is 14.8 Å².